The van der Waals surface area contributed by atoms with Gasteiger partial charge in [-0.25, -0.2) is 17.5 Å². The minimum absolute atomic E-state index is 0.00966. The summed E-state index contributed by atoms with van der Waals surface area (Å²) in [6.07, 6.45) is 1.45. The monoisotopic (exact) mass is 408 g/mol. The minimum Gasteiger partial charge on any atom is -0.468 e. The molecule has 140 valence electrons. The van der Waals surface area contributed by atoms with Crippen LogP contribution in [-0.2, 0) is 16.6 Å². The first kappa shape index (κ1) is 19.1. The molecule has 1 aromatic heterocycles. The number of furan rings is 1. The van der Waals surface area contributed by atoms with E-state index in [4.69, 9.17) is 16.0 Å². The molecule has 6 nitrogen and oxygen atoms in total. The Hall–Kier alpha value is -2.68. The number of rotatable bonds is 6. The zero-order chi connectivity index (χ0) is 19.4. The largest absolute Gasteiger partial charge is 0.468 e. The molecule has 0 fully saturated rings. The highest BCUT2D eigenvalue weighted by Crippen LogP contribution is 2.20. The Morgan fingerprint density at radius 1 is 1.11 bits per heavy atom. The van der Waals surface area contributed by atoms with Gasteiger partial charge < -0.3 is 9.73 Å². The van der Waals surface area contributed by atoms with Gasteiger partial charge in [0.15, 0.2) is 0 Å². The lowest BCUT2D eigenvalue weighted by molar-refractivity contribution is 0.102. The number of nitrogens with one attached hydrogen (secondary N) is 2. The van der Waals surface area contributed by atoms with Crippen LogP contribution in [0.3, 0.4) is 0 Å². The molecule has 0 bridgehead atoms. The number of amides is 1. The number of sulfonamides is 1. The second-order valence-electron chi connectivity index (χ2n) is 5.51. The molecule has 0 aliphatic carbocycles. The van der Waals surface area contributed by atoms with Gasteiger partial charge in [-0.05, 0) is 54.6 Å². The first-order valence-corrected chi connectivity index (χ1v) is 9.60. The average Bonchev–Trinajstić information content (AvgIpc) is 3.17. The Bertz CT molecular complexity index is 1050. The second kappa shape index (κ2) is 7.91. The first-order chi connectivity index (χ1) is 12.8. The van der Waals surface area contributed by atoms with Gasteiger partial charge in [0, 0.05) is 11.3 Å². The zero-order valence-electron chi connectivity index (χ0n) is 13.8. The molecule has 1 heterocycles. The fraction of sp³-hybridized carbons (Fsp3) is 0.0556. The van der Waals surface area contributed by atoms with E-state index in [9.17, 15) is 17.6 Å². The van der Waals surface area contributed by atoms with Crippen LogP contribution in [0.4, 0.5) is 10.1 Å². The topological polar surface area (TPSA) is 88.4 Å². The van der Waals surface area contributed by atoms with Crippen LogP contribution in [0.25, 0.3) is 0 Å². The van der Waals surface area contributed by atoms with Crippen LogP contribution < -0.4 is 10.0 Å². The van der Waals surface area contributed by atoms with Crippen LogP contribution in [-0.4, -0.2) is 14.3 Å². The maximum atomic E-state index is 13.2. The van der Waals surface area contributed by atoms with Crippen LogP contribution in [0.15, 0.2) is 70.2 Å². The summed E-state index contributed by atoms with van der Waals surface area (Å²) in [6, 6.07) is 12.5. The molecule has 0 radical (unpaired) electrons. The predicted octanol–water partition coefficient (Wildman–Crippen LogP) is 3.80. The number of hydrogen-bond donors (Lipinski definition) is 2. The van der Waals surface area contributed by atoms with Crippen molar-refractivity contribution < 1.29 is 22.0 Å². The molecule has 2 N–H and O–H groups in total. The maximum Gasteiger partial charge on any atom is 0.255 e. The highest BCUT2D eigenvalue weighted by Gasteiger charge is 2.15. The van der Waals surface area contributed by atoms with Gasteiger partial charge in [-0.1, -0.05) is 11.6 Å². The molecule has 0 saturated heterocycles. The Labute approximate surface area is 160 Å². The lowest BCUT2D eigenvalue weighted by Gasteiger charge is -2.08. The summed E-state index contributed by atoms with van der Waals surface area (Å²) < 4.78 is 45.2. The summed E-state index contributed by atoms with van der Waals surface area (Å²) in [7, 11) is -3.75. The molecule has 0 saturated carbocycles. The Morgan fingerprint density at radius 3 is 2.48 bits per heavy atom. The fourth-order valence-electron chi connectivity index (χ4n) is 2.23. The highest BCUT2D eigenvalue weighted by atomic mass is 35.5. The van der Waals surface area contributed by atoms with Crippen LogP contribution in [0.5, 0.6) is 0 Å². The van der Waals surface area contributed by atoms with Crippen molar-refractivity contribution in [3.8, 4) is 0 Å². The van der Waals surface area contributed by atoms with Gasteiger partial charge in [-0.2, -0.15) is 0 Å². The number of halogens is 2. The molecule has 1 amide bonds. The van der Waals surface area contributed by atoms with Crippen LogP contribution in [0.2, 0.25) is 5.02 Å². The standard InChI is InChI=1S/C18H14ClFN2O4S/c19-16-10-13(5-8-17(16)20)22-18(23)12-3-6-15(7-4-12)27(24,25)21-11-14-2-1-9-26-14/h1-10,21H,11H2,(H,22,23). The molecule has 0 aliphatic heterocycles. The number of hydrogen-bond acceptors (Lipinski definition) is 4. The zero-order valence-corrected chi connectivity index (χ0v) is 15.4. The third-order valence-electron chi connectivity index (χ3n) is 3.62. The molecular weight excluding hydrogens is 395 g/mol. The van der Waals surface area contributed by atoms with Crippen LogP contribution >= 0.6 is 11.6 Å². The minimum atomic E-state index is -3.75. The van der Waals surface area contributed by atoms with E-state index in [0.29, 0.717) is 11.4 Å². The first-order valence-electron chi connectivity index (χ1n) is 7.74. The van der Waals surface area contributed by atoms with Crippen molar-refractivity contribution in [3.05, 3.63) is 83.0 Å². The summed E-state index contributed by atoms with van der Waals surface area (Å²) in [5, 5.41) is 2.45. The molecule has 2 aromatic carbocycles. The van der Waals surface area contributed by atoms with Gasteiger partial charge in [0.05, 0.1) is 22.7 Å². The van der Waals surface area contributed by atoms with Crippen LogP contribution in [0, 0.1) is 5.82 Å². The van der Waals surface area contributed by atoms with E-state index in [1.807, 2.05) is 0 Å². The quantitative estimate of drug-likeness (QED) is 0.649. The van der Waals surface area contributed by atoms with Gasteiger partial charge in [-0.3, -0.25) is 4.79 Å². The Kier molecular flexibility index (Phi) is 5.59. The van der Waals surface area contributed by atoms with Gasteiger partial charge in [0.2, 0.25) is 10.0 Å². The normalized spacial score (nSPS) is 11.3. The molecule has 3 aromatic rings. The van der Waals surface area contributed by atoms with E-state index in [2.05, 4.69) is 10.0 Å². The van der Waals surface area contributed by atoms with Gasteiger partial charge in [0.1, 0.15) is 11.6 Å². The predicted molar refractivity (Wildman–Crippen MR) is 98.5 cm³/mol. The summed E-state index contributed by atoms with van der Waals surface area (Å²) in [5.41, 5.74) is 0.559. The molecule has 0 aliphatic rings. The van der Waals surface area contributed by atoms with Crippen molar-refractivity contribution in [3.63, 3.8) is 0 Å². The van der Waals surface area contributed by atoms with Crippen molar-refractivity contribution in [1.82, 2.24) is 4.72 Å². The number of carbonyl (C=O) groups excluding carboxylic acids is 1. The lowest BCUT2D eigenvalue weighted by Crippen LogP contribution is -2.23. The van der Waals surface area contributed by atoms with Gasteiger partial charge in [-0.15, -0.1) is 0 Å². The van der Waals surface area contributed by atoms with Crippen molar-refractivity contribution in [2.45, 2.75) is 11.4 Å². The number of benzene rings is 2. The Morgan fingerprint density at radius 2 is 1.85 bits per heavy atom. The van der Waals surface area contributed by atoms with Crippen molar-refractivity contribution in [2.24, 2.45) is 0 Å². The molecule has 0 spiro atoms. The van der Waals surface area contributed by atoms with E-state index >= 15 is 0 Å². The molecular formula is C18H14ClFN2O4S. The summed E-state index contributed by atoms with van der Waals surface area (Å²) in [5.74, 6) is -0.594. The number of anilines is 1. The lowest BCUT2D eigenvalue weighted by atomic mass is 10.2. The smallest absolute Gasteiger partial charge is 0.255 e. The summed E-state index contributed by atoms with van der Waals surface area (Å²) in [4.78, 5) is 12.2. The maximum absolute atomic E-state index is 13.2. The van der Waals surface area contributed by atoms with Crippen molar-refractivity contribution >= 4 is 33.2 Å². The van der Waals surface area contributed by atoms with E-state index in [-0.39, 0.29) is 22.0 Å². The van der Waals surface area contributed by atoms with E-state index in [1.54, 1.807) is 12.1 Å². The average molecular weight is 409 g/mol. The fourth-order valence-corrected chi connectivity index (χ4v) is 3.40. The highest BCUT2D eigenvalue weighted by molar-refractivity contribution is 7.89. The summed E-state index contributed by atoms with van der Waals surface area (Å²) >= 11 is 5.67. The SMILES string of the molecule is O=C(Nc1ccc(F)c(Cl)c1)c1ccc(S(=O)(=O)NCc2ccco2)cc1. The molecule has 0 unspecified atom stereocenters. The van der Waals surface area contributed by atoms with Gasteiger partial charge >= 0.3 is 0 Å². The third-order valence-corrected chi connectivity index (χ3v) is 5.33. The van der Waals surface area contributed by atoms with E-state index < -0.39 is 21.7 Å². The van der Waals surface area contributed by atoms with E-state index in [0.717, 1.165) is 6.07 Å². The third kappa shape index (κ3) is 4.73. The van der Waals surface area contributed by atoms with E-state index in [1.165, 1.54) is 42.7 Å². The van der Waals surface area contributed by atoms with Crippen molar-refractivity contribution in [1.29, 1.82) is 0 Å². The summed E-state index contributed by atoms with van der Waals surface area (Å²) in [6.45, 7) is 0.0168. The molecule has 9 heteroatoms. The van der Waals surface area contributed by atoms with Crippen LogP contribution in [0.1, 0.15) is 16.1 Å². The molecule has 3 rings (SSSR count). The molecule has 0 atom stereocenters. The molecule has 27 heavy (non-hydrogen) atoms. The van der Waals surface area contributed by atoms with Crippen molar-refractivity contribution in [2.75, 3.05) is 5.32 Å². The second-order valence-corrected chi connectivity index (χ2v) is 7.69. The van der Waals surface area contributed by atoms with Gasteiger partial charge in [0.25, 0.3) is 5.91 Å². The Balaban J connectivity index is 1.68. The number of carbonyl (C=O) groups is 1.